The van der Waals surface area contributed by atoms with Gasteiger partial charge in [0.15, 0.2) is 0 Å². The van der Waals surface area contributed by atoms with Gasteiger partial charge in [0.2, 0.25) is 0 Å². The number of rotatable bonds is 3. The van der Waals surface area contributed by atoms with Crippen LogP contribution in [-0.2, 0) is 9.59 Å². The molecule has 114 valence electrons. The smallest absolute Gasteiger partial charge is 0.308 e. The Bertz CT molecular complexity index is 741. The van der Waals surface area contributed by atoms with Crippen molar-refractivity contribution in [2.75, 3.05) is 0 Å². The van der Waals surface area contributed by atoms with Crippen molar-refractivity contribution in [2.45, 2.75) is 13.8 Å². The zero-order chi connectivity index (χ0) is 16.3. The maximum Gasteiger partial charge on any atom is 0.308 e. The maximum atomic E-state index is 11.2. The number of ether oxygens (including phenoxy) is 2. The molecule has 0 bridgehead atoms. The van der Waals surface area contributed by atoms with Crippen LogP contribution in [0.15, 0.2) is 45.3 Å². The van der Waals surface area contributed by atoms with Gasteiger partial charge in [0, 0.05) is 23.9 Å². The quantitative estimate of drug-likeness (QED) is 0.524. The summed E-state index contributed by atoms with van der Waals surface area (Å²) < 4.78 is 11.8. The Kier molecular flexibility index (Phi) is 5.37. The topological polar surface area (TPSA) is 52.6 Å². The van der Waals surface area contributed by atoms with Crippen LogP contribution in [0.1, 0.15) is 13.8 Å². The fourth-order valence-electron chi connectivity index (χ4n) is 1.88. The maximum absolute atomic E-state index is 11.2. The summed E-state index contributed by atoms with van der Waals surface area (Å²) in [7, 11) is 0. The molecule has 0 spiro atoms. The van der Waals surface area contributed by atoms with Crippen LogP contribution in [0.25, 0.3) is 11.1 Å². The predicted octanol–water partition coefficient (Wildman–Crippen LogP) is 4.73. The first-order chi connectivity index (χ1) is 10.4. The van der Waals surface area contributed by atoms with Gasteiger partial charge >= 0.3 is 11.9 Å². The Morgan fingerprint density at radius 2 is 1.45 bits per heavy atom. The van der Waals surface area contributed by atoms with Gasteiger partial charge in [0.1, 0.15) is 11.5 Å². The van der Waals surface area contributed by atoms with E-state index in [1.54, 1.807) is 30.3 Å². The van der Waals surface area contributed by atoms with E-state index in [1.165, 1.54) is 13.8 Å². The first-order valence-corrected chi connectivity index (χ1v) is 7.91. The summed E-state index contributed by atoms with van der Waals surface area (Å²) in [6.45, 7) is 2.69. The molecule has 2 rings (SSSR count). The minimum Gasteiger partial charge on any atom is -0.426 e. The molecule has 22 heavy (non-hydrogen) atoms. The van der Waals surface area contributed by atoms with Crippen molar-refractivity contribution in [1.29, 1.82) is 0 Å². The van der Waals surface area contributed by atoms with Gasteiger partial charge in [-0.2, -0.15) is 0 Å². The van der Waals surface area contributed by atoms with Crippen molar-refractivity contribution in [3.63, 3.8) is 0 Å². The average Bonchev–Trinajstić information content (AvgIpc) is 2.42. The van der Waals surface area contributed by atoms with Crippen molar-refractivity contribution < 1.29 is 19.1 Å². The largest absolute Gasteiger partial charge is 0.426 e. The van der Waals surface area contributed by atoms with Crippen molar-refractivity contribution >= 4 is 43.8 Å². The Labute approximate surface area is 144 Å². The van der Waals surface area contributed by atoms with Crippen LogP contribution in [0.2, 0.25) is 0 Å². The Morgan fingerprint density at radius 1 is 0.864 bits per heavy atom. The molecule has 0 atom stereocenters. The van der Waals surface area contributed by atoms with Gasteiger partial charge in [-0.05, 0) is 51.8 Å². The lowest BCUT2D eigenvalue weighted by atomic mass is 10.0. The Morgan fingerprint density at radius 3 is 2.05 bits per heavy atom. The summed E-state index contributed by atoms with van der Waals surface area (Å²) in [6, 6.07) is 10.6. The highest BCUT2D eigenvalue weighted by Gasteiger charge is 2.12. The Hall–Kier alpha value is -1.66. The lowest BCUT2D eigenvalue weighted by molar-refractivity contribution is -0.132. The van der Waals surface area contributed by atoms with E-state index in [9.17, 15) is 9.59 Å². The summed E-state index contributed by atoms with van der Waals surface area (Å²) >= 11 is 6.77. The highest BCUT2D eigenvalue weighted by molar-refractivity contribution is 9.10. The molecule has 0 heterocycles. The van der Waals surface area contributed by atoms with E-state index in [-0.39, 0.29) is 5.97 Å². The third-order valence-corrected chi connectivity index (χ3v) is 3.80. The summed E-state index contributed by atoms with van der Waals surface area (Å²) in [5, 5.41) is 0. The van der Waals surface area contributed by atoms with E-state index < -0.39 is 5.97 Å². The predicted molar refractivity (Wildman–Crippen MR) is 89.9 cm³/mol. The SMILES string of the molecule is CC(=O)Oc1ccc(-c2cc(Br)ccc2OC(C)=O)cc1Br. The summed E-state index contributed by atoms with van der Waals surface area (Å²) in [5.41, 5.74) is 1.57. The third-order valence-electron chi connectivity index (χ3n) is 2.69. The molecule has 0 saturated carbocycles. The minimum atomic E-state index is -0.392. The second-order valence-corrected chi connectivity index (χ2v) is 6.24. The normalized spacial score (nSPS) is 10.2. The molecule has 0 fully saturated rings. The van der Waals surface area contributed by atoms with Gasteiger partial charge in [-0.3, -0.25) is 9.59 Å². The van der Waals surface area contributed by atoms with Gasteiger partial charge in [-0.25, -0.2) is 0 Å². The van der Waals surface area contributed by atoms with E-state index in [4.69, 9.17) is 9.47 Å². The highest BCUT2D eigenvalue weighted by atomic mass is 79.9. The van der Waals surface area contributed by atoms with Crippen LogP contribution >= 0.6 is 31.9 Å². The summed E-state index contributed by atoms with van der Waals surface area (Å²) in [6.07, 6.45) is 0. The fourth-order valence-corrected chi connectivity index (χ4v) is 2.70. The van der Waals surface area contributed by atoms with Crippen LogP contribution in [0.5, 0.6) is 11.5 Å². The van der Waals surface area contributed by atoms with Crippen LogP contribution in [0, 0.1) is 0 Å². The lowest BCUT2D eigenvalue weighted by Gasteiger charge is -2.11. The number of esters is 2. The van der Waals surface area contributed by atoms with Gasteiger partial charge in [-0.15, -0.1) is 0 Å². The molecular formula is C16H12Br2O4. The number of carbonyl (C=O) groups excluding carboxylic acids is 2. The van der Waals surface area contributed by atoms with Crippen LogP contribution in [-0.4, -0.2) is 11.9 Å². The number of benzene rings is 2. The van der Waals surface area contributed by atoms with Gasteiger partial charge in [0.05, 0.1) is 4.47 Å². The molecule has 0 amide bonds. The van der Waals surface area contributed by atoms with E-state index in [0.717, 1.165) is 15.6 Å². The van der Waals surface area contributed by atoms with E-state index in [0.29, 0.717) is 16.0 Å². The van der Waals surface area contributed by atoms with Crippen LogP contribution in [0.3, 0.4) is 0 Å². The number of halogens is 2. The molecule has 6 heteroatoms. The van der Waals surface area contributed by atoms with Gasteiger partial charge < -0.3 is 9.47 Å². The molecule has 0 unspecified atom stereocenters. The lowest BCUT2D eigenvalue weighted by Crippen LogP contribution is -2.03. The van der Waals surface area contributed by atoms with Crippen LogP contribution in [0.4, 0.5) is 0 Å². The van der Waals surface area contributed by atoms with Crippen LogP contribution < -0.4 is 9.47 Å². The molecule has 0 aliphatic heterocycles. The molecule has 0 aromatic heterocycles. The summed E-state index contributed by atoms with van der Waals surface area (Å²) in [4.78, 5) is 22.3. The zero-order valence-electron chi connectivity index (χ0n) is 11.9. The van der Waals surface area contributed by atoms with E-state index in [2.05, 4.69) is 31.9 Å². The van der Waals surface area contributed by atoms with Crippen molar-refractivity contribution in [3.8, 4) is 22.6 Å². The molecule has 0 radical (unpaired) electrons. The summed E-state index contributed by atoms with van der Waals surface area (Å²) in [5.74, 6) is 0.110. The molecule has 4 nitrogen and oxygen atoms in total. The molecule has 2 aromatic carbocycles. The molecule has 0 saturated heterocycles. The molecule has 0 aliphatic carbocycles. The fraction of sp³-hybridized carbons (Fsp3) is 0.125. The number of hydrogen-bond donors (Lipinski definition) is 0. The minimum absolute atomic E-state index is 0.390. The third kappa shape index (κ3) is 4.18. The number of carbonyl (C=O) groups is 2. The number of hydrogen-bond acceptors (Lipinski definition) is 4. The van der Waals surface area contributed by atoms with Gasteiger partial charge in [0.25, 0.3) is 0 Å². The van der Waals surface area contributed by atoms with Gasteiger partial charge in [-0.1, -0.05) is 22.0 Å². The van der Waals surface area contributed by atoms with Crippen molar-refractivity contribution in [1.82, 2.24) is 0 Å². The zero-order valence-corrected chi connectivity index (χ0v) is 15.0. The molecule has 2 aromatic rings. The highest BCUT2D eigenvalue weighted by Crippen LogP contribution is 2.37. The standard InChI is InChI=1S/C16H12Br2O4/c1-9(19)21-15-6-4-12(17)8-13(15)11-3-5-16(14(18)7-11)22-10(2)20/h3-8H,1-2H3. The van der Waals surface area contributed by atoms with Crippen molar-refractivity contribution in [3.05, 3.63) is 45.3 Å². The Balaban J connectivity index is 2.47. The first kappa shape index (κ1) is 16.7. The van der Waals surface area contributed by atoms with E-state index in [1.807, 2.05) is 6.07 Å². The second-order valence-electron chi connectivity index (χ2n) is 4.47. The molecule has 0 N–H and O–H groups in total. The molecular weight excluding hydrogens is 416 g/mol. The monoisotopic (exact) mass is 426 g/mol. The molecule has 0 aliphatic rings. The average molecular weight is 428 g/mol. The first-order valence-electron chi connectivity index (χ1n) is 6.33. The second kappa shape index (κ2) is 7.07. The van der Waals surface area contributed by atoms with E-state index >= 15 is 0 Å². The van der Waals surface area contributed by atoms with Crippen molar-refractivity contribution in [2.24, 2.45) is 0 Å².